The highest BCUT2D eigenvalue weighted by atomic mass is 16.5. The molecule has 15 heavy (non-hydrogen) atoms. The molecule has 0 spiro atoms. The van der Waals surface area contributed by atoms with E-state index in [1.165, 1.54) is 0 Å². The van der Waals surface area contributed by atoms with Crippen LogP contribution in [0.1, 0.15) is 13.8 Å². The lowest BCUT2D eigenvalue weighted by atomic mass is 10.5. The molecule has 0 aliphatic heterocycles. The number of aromatic nitrogens is 2. The van der Waals surface area contributed by atoms with Gasteiger partial charge in [-0.2, -0.15) is 0 Å². The van der Waals surface area contributed by atoms with E-state index in [-0.39, 0.29) is 12.5 Å². The van der Waals surface area contributed by atoms with Gasteiger partial charge in [0.2, 0.25) is 5.95 Å². The summed E-state index contributed by atoms with van der Waals surface area (Å²) in [7, 11) is 0. The molecule has 5 heteroatoms. The van der Waals surface area contributed by atoms with Gasteiger partial charge >= 0.3 is 5.97 Å². The van der Waals surface area contributed by atoms with E-state index in [0.29, 0.717) is 19.1 Å². The van der Waals surface area contributed by atoms with Gasteiger partial charge in [0.1, 0.15) is 6.54 Å². The maximum atomic E-state index is 11.3. The molecule has 0 saturated heterocycles. The van der Waals surface area contributed by atoms with Crippen molar-refractivity contribution in [2.75, 3.05) is 24.6 Å². The van der Waals surface area contributed by atoms with Gasteiger partial charge in [-0.15, -0.1) is 0 Å². The van der Waals surface area contributed by atoms with Crippen LogP contribution >= 0.6 is 0 Å². The standard InChI is InChI=1S/C10H15N3O2/c1-3-13(8-9(14)15-4-2)10-11-6-5-7-12-10/h5-7H,3-4,8H2,1-2H3. The van der Waals surface area contributed by atoms with E-state index in [1.54, 1.807) is 30.3 Å². The fourth-order valence-corrected chi connectivity index (χ4v) is 1.14. The Labute approximate surface area is 89.1 Å². The highest BCUT2D eigenvalue weighted by molar-refractivity contribution is 5.74. The number of esters is 1. The van der Waals surface area contributed by atoms with E-state index in [1.807, 2.05) is 6.92 Å². The highest BCUT2D eigenvalue weighted by Gasteiger charge is 2.11. The lowest BCUT2D eigenvalue weighted by Crippen LogP contribution is -2.32. The van der Waals surface area contributed by atoms with Crippen LogP contribution in [-0.2, 0) is 9.53 Å². The zero-order valence-corrected chi connectivity index (χ0v) is 9.01. The molecule has 0 atom stereocenters. The normalized spacial score (nSPS) is 9.73. The topological polar surface area (TPSA) is 55.3 Å². The van der Waals surface area contributed by atoms with Gasteiger partial charge in [0.25, 0.3) is 0 Å². The summed E-state index contributed by atoms with van der Waals surface area (Å²) in [6, 6.07) is 1.74. The molecule has 1 rings (SSSR count). The third-order valence-electron chi connectivity index (χ3n) is 1.84. The van der Waals surface area contributed by atoms with Crippen molar-refractivity contribution in [3.8, 4) is 0 Å². The molecule has 0 amide bonds. The summed E-state index contributed by atoms with van der Waals surface area (Å²) in [5.74, 6) is 0.292. The molecule has 1 aromatic rings. The van der Waals surface area contributed by atoms with Crippen molar-refractivity contribution >= 4 is 11.9 Å². The van der Waals surface area contributed by atoms with Crippen LogP contribution in [0.3, 0.4) is 0 Å². The average molecular weight is 209 g/mol. The maximum absolute atomic E-state index is 11.3. The number of rotatable bonds is 5. The molecule has 0 saturated carbocycles. The number of hydrogen-bond donors (Lipinski definition) is 0. The Bertz CT molecular complexity index is 303. The van der Waals surface area contributed by atoms with Crippen LogP contribution in [0.25, 0.3) is 0 Å². The SMILES string of the molecule is CCOC(=O)CN(CC)c1ncccn1. The quantitative estimate of drug-likeness (QED) is 0.673. The van der Waals surface area contributed by atoms with Gasteiger partial charge in [-0.25, -0.2) is 9.97 Å². The van der Waals surface area contributed by atoms with Crippen LogP contribution in [0.2, 0.25) is 0 Å². The molecule has 0 aliphatic carbocycles. The number of nitrogens with zero attached hydrogens (tertiary/aromatic N) is 3. The Morgan fingerprint density at radius 1 is 1.40 bits per heavy atom. The zero-order valence-electron chi connectivity index (χ0n) is 9.01. The maximum Gasteiger partial charge on any atom is 0.325 e. The Kier molecular flexibility index (Phi) is 4.53. The van der Waals surface area contributed by atoms with Crippen molar-refractivity contribution in [2.45, 2.75) is 13.8 Å². The molecule has 0 N–H and O–H groups in total. The molecule has 82 valence electrons. The largest absolute Gasteiger partial charge is 0.465 e. The second-order valence-electron chi connectivity index (χ2n) is 2.87. The molecule has 1 heterocycles. The number of anilines is 1. The summed E-state index contributed by atoms with van der Waals surface area (Å²) in [6.45, 7) is 4.98. The van der Waals surface area contributed by atoms with Crippen LogP contribution < -0.4 is 4.90 Å². The minimum atomic E-state index is -0.258. The van der Waals surface area contributed by atoms with Crippen molar-refractivity contribution in [1.82, 2.24) is 9.97 Å². The number of carbonyl (C=O) groups is 1. The van der Waals surface area contributed by atoms with Crippen LogP contribution in [0.4, 0.5) is 5.95 Å². The minimum Gasteiger partial charge on any atom is -0.465 e. The minimum absolute atomic E-state index is 0.189. The van der Waals surface area contributed by atoms with E-state index in [4.69, 9.17) is 4.74 Å². The monoisotopic (exact) mass is 209 g/mol. The van der Waals surface area contributed by atoms with Gasteiger partial charge in [-0.05, 0) is 19.9 Å². The van der Waals surface area contributed by atoms with Crippen LogP contribution in [0.5, 0.6) is 0 Å². The number of carbonyl (C=O) groups excluding carboxylic acids is 1. The lowest BCUT2D eigenvalue weighted by Gasteiger charge is -2.18. The molecule has 5 nitrogen and oxygen atoms in total. The van der Waals surface area contributed by atoms with Crippen LogP contribution in [0.15, 0.2) is 18.5 Å². The number of hydrogen-bond acceptors (Lipinski definition) is 5. The first-order valence-electron chi connectivity index (χ1n) is 4.95. The summed E-state index contributed by atoms with van der Waals surface area (Å²) in [5.41, 5.74) is 0. The Morgan fingerprint density at radius 2 is 2.07 bits per heavy atom. The first-order chi connectivity index (χ1) is 7.27. The first kappa shape index (κ1) is 11.4. The predicted octanol–water partition coefficient (Wildman–Crippen LogP) is 0.866. The Balaban J connectivity index is 2.61. The summed E-state index contributed by atoms with van der Waals surface area (Å²) in [6.07, 6.45) is 3.30. The van der Waals surface area contributed by atoms with E-state index in [2.05, 4.69) is 9.97 Å². The van der Waals surface area contributed by atoms with Crippen molar-refractivity contribution in [3.63, 3.8) is 0 Å². The molecule has 0 unspecified atom stereocenters. The van der Waals surface area contributed by atoms with E-state index < -0.39 is 0 Å². The predicted molar refractivity (Wildman–Crippen MR) is 56.6 cm³/mol. The summed E-state index contributed by atoms with van der Waals surface area (Å²) in [5, 5.41) is 0. The lowest BCUT2D eigenvalue weighted by molar-refractivity contribution is -0.141. The molecule has 0 fully saturated rings. The van der Waals surface area contributed by atoms with Crippen molar-refractivity contribution < 1.29 is 9.53 Å². The first-order valence-corrected chi connectivity index (χ1v) is 4.95. The number of likely N-dealkylation sites (N-methyl/N-ethyl adjacent to an activating group) is 1. The fourth-order valence-electron chi connectivity index (χ4n) is 1.14. The third kappa shape index (κ3) is 3.53. The molecule has 0 radical (unpaired) electrons. The Morgan fingerprint density at radius 3 is 2.60 bits per heavy atom. The second kappa shape index (κ2) is 5.95. The van der Waals surface area contributed by atoms with Crippen molar-refractivity contribution in [1.29, 1.82) is 0 Å². The number of ether oxygens (including phenoxy) is 1. The molecule has 0 aromatic carbocycles. The third-order valence-corrected chi connectivity index (χ3v) is 1.84. The Hall–Kier alpha value is -1.65. The van der Waals surface area contributed by atoms with E-state index >= 15 is 0 Å². The van der Waals surface area contributed by atoms with Gasteiger partial charge in [0.05, 0.1) is 6.61 Å². The van der Waals surface area contributed by atoms with Gasteiger partial charge in [0, 0.05) is 18.9 Å². The van der Waals surface area contributed by atoms with Gasteiger partial charge in [-0.1, -0.05) is 0 Å². The smallest absolute Gasteiger partial charge is 0.325 e. The highest BCUT2D eigenvalue weighted by Crippen LogP contribution is 2.04. The van der Waals surface area contributed by atoms with Gasteiger partial charge < -0.3 is 9.64 Å². The molecule has 0 bridgehead atoms. The summed E-state index contributed by atoms with van der Waals surface area (Å²) in [4.78, 5) is 21.2. The molecule has 0 aliphatic rings. The summed E-state index contributed by atoms with van der Waals surface area (Å²) >= 11 is 0. The molecular weight excluding hydrogens is 194 g/mol. The van der Waals surface area contributed by atoms with Crippen molar-refractivity contribution in [2.24, 2.45) is 0 Å². The van der Waals surface area contributed by atoms with E-state index in [9.17, 15) is 4.79 Å². The van der Waals surface area contributed by atoms with Gasteiger partial charge in [-0.3, -0.25) is 4.79 Å². The van der Waals surface area contributed by atoms with E-state index in [0.717, 1.165) is 0 Å². The molecular formula is C10H15N3O2. The zero-order chi connectivity index (χ0) is 11.1. The second-order valence-corrected chi connectivity index (χ2v) is 2.87. The van der Waals surface area contributed by atoms with Crippen molar-refractivity contribution in [3.05, 3.63) is 18.5 Å². The van der Waals surface area contributed by atoms with Gasteiger partial charge in [0.15, 0.2) is 0 Å². The molecule has 1 aromatic heterocycles. The fraction of sp³-hybridized carbons (Fsp3) is 0.500. The average Bonchev–Trinajstić information content (AvgIpc) is 2.27. The van der Waals surface area contributed by atoms with Crippen LogP contribution in [0, 0.1) is 0 Å². The summed E-state index contributed by atoms with van der Waals surface area (Å²) < 4.78 is 4.86. The van der Waals surface area contributed by atoms with Crippen LogP contribution in [-0.4, -0.2) is 35.6 Å².